The molecule has 4 aromatic heterocycles. The number of aryl methyl sites for hydroxylation is 2. The first kappa shape index (κ1) is 21.3. The van der Waals surface area contributed by atoms with Gasteiger partial charge >= 0.3 is 0 Å². The van der Waals surface area contributed by atoms with E-state index >= 15 is 0 Å². The second-order valence-corrected chi connectivity index (χ2v) is 8.64. The molecule has 5 aromatic rings. The molecule has 0 amide bonds. The van der Waals surface area contributed by atoms with Crippen LogP contribution in [0.2, 0.25) is 0 Å². The van der Waals surface area contributed by atoms with Gasteiger partial charge in [0.15, 0.2) is 0 Å². The van der Waals surface area contributed by atoms with Gasteiger partial charge in [-0.3, -0.25) is 14.4 Å². The van der Waals surface area contributed by atoms with Gasteiger partial charge in [0, 0.05) is 34.5 Å². The van der Waals surface area contributed by atoms with Gasteiger partial charge in [0.1, 0.15) is 17.1 Å². The molecule has 0 saturated heterocycles. The number of benzene rings is 1. The van der Waals surface area contributed by atoms with E-state index in [9.17, 15) is 0 Å². The van der Waals surface area contributed by atoms with Crippen molar-refractivity contribution in [2.75, 3.05) is 11.9 Å². The predicted molar refractivity (Wildman–Crippen MR) is 136 cm³/mol. The van der Waals surface area contributed by atoms with E-state index in [4.69, 9.17) is 14.7 Å². The molecule has 0 aliphatic rings. The lowest BCUT2D eigenvalue weighted by Crippen LogP contribution is -1.97. The zero-order chi connectivity index (χ0) is 22.8. The molecule has 0 spiro atoms. The second kappa shape index (κ2) is 9.16. The van der Waals surface area contributed by atoms with Gasteiger partial charge in [-0.15, -0.1) is 0 Å². The maximum Gasteiger partial charge on any atom is 0.140 e. The molecule has 0 fully saturated rings. The number of nitrogens with zero attached hydrogens (tertiary/aromatic N) is 4. The summed E-state index contributed by atoms with van der Waals surface area (Å²) in [6.45, 7) is 4.72. The fourth-order valence-electron chi connectivity index (χ4n) is 3.95. The molecule has 1 aromatic carbocycles. The van der Waals surface area contributed by atoms with E-state index in [1.54, 1.807) is 0 Å². The van der Waals surface area contributed by atoms with Crippen molar-refractivity contribution in [1.29, 1.82) is 0 Å². The Kier molecular flexibility index (Phi) is 5.92. The van der Waals surface area contributed by atoms with E-state index in [0.717, 1.165) is 61.9 Å². The van der Waals surface area contributed by atoms with Crippen LogP contribution in [-0.2, 0) is 0 Å². The lowest BCUT2D eigenvalue weighted by molar-refractivity contribution is 0.345. The molecular formula is C27H23BrN4O. The molecule has 0 N–H and O–H groups in total. The zero-order valence-corrected chi connectivity index (χ0v) is 20.1. The summed E-state index contributed by atoms with van der Waals surface area (Å²) in [6, 6.07) is 22.3. The largest absolute Gasteiger partial charge is 0.493 e. The lowest BCUT2D eigenvalue weighted by Gasteiger charge is -2.09. The summed E-state index contributed by atoms with van der Waals surface area (Å²) in [5.74, 6) is 0.847. The van der Waals surface area contributed by atoms with Crippen LogP contribution in [-0.4, -0.2) is 31.3 Å². The van der Waals surface area contributed by atoms with Gasteiger partial charge in [0.05, 0.1) is 23.7 Å². The molecule has 0 aliphatic heterocycles. The highest BCUT2D eigenvalue weighted by Gasteiger charge is 2.18. The summed E-state index contributed by atoms with van der Waals surface area (Å²) >= 11 is 3.39. The number of imidazole rings is 1. The summed E-state index contributed by atoms with van der Waals surface area (Å²) in [6.07, 6.45) is 3.91. The third-order valence-electron chi connectivity index (χ3n) is 5.51. The molecule has 0 saturated carbocycles. The smallest absolute Gasteiger partial charge is 0.140 e. The van der Waals surface area contributed by atoms with Gasteiger partial charge in [0.2, 0.25) is 0 Å². The number of alkyl halides is 1. The summed E-state index contributed by atoms with van der Waals surface area (Å²) in [5.41, 5.74) is 8.70. The summed E-state index contributed by atoms with van der Waals surface area (Å²) in [4.78, 5) is 14.4. The van der Waals surface area contributed by atoms with Crippen LogP contribution in [0.3, 0.4) is 0 Å². The molecule has 164 valence electrons. The number of pyridine rings is 3. The molecule has 0 atom stereocenters. The first-order valence-electron chi connectivity index (χ1n) is 10.8. The Morgan fingerprint density at radius 3 is 2.52 bits per heavy atom. The van der Waals surface area contributed by atoms with E-state index in [1.807, 2.05) is 61.7 Å². The van der Waals surface area contributed by atoms with Gasteiger partial charge in [0.25, 0.3) is 0 Å². The minimum absolute atomic E-state index is 0.635. The van der Waals surface area contributed by atoms with Gasteiger partial charge in [-0.2, -0.15) is 0 Å². The average Bonchev–Trinajstić information content (AvgIpc) is 3.24. The van der Waals surface area contributed by atoms with Crippen molar-refractivity contribution in [3.8, 4) is 39.7 Å². The third kappa shape index (κ3) is 4.26. The topological polar surface area (TPSA) is 52.3 Å². The van der Waals surface area contributed by atoms with Crippen LogP contribution in [0, 0.1) is 13.8 Å². The van der Waals surface area contributed by atoms with E-state index in [0.29, 0.717) is 6.61 Å². The minimum Gasteiger partial charge on any atom is -0.493 e. The van der Waals surface area contributed by atoms with Crippen LogP contribution in [0.1, 0.15) is 11.3 Å². The number of aromatic nitrogens is 4. The fraction of sp³-hybridized carbons (Fsp3) is 0.148. The van der Waals surface area contributed by atoms with E-state index in [1.165, 1.54) is 0 Å². The maximum absolute atomic E-state index is 5.68. The highest BCUT2D eigenvalue weighted by Crippen LogP contribution is 2.34. The van der Waals surface area contributed by atoms with Crippen molar-refractivity contribution in [1.82, 2.24) is 19.4 Å². The predicted octanol–water partition coefficient (Wildman–Crippen LogP) is 6.52. The first-order chi connectivity index (χ1) is 16.1. The van der Waals surface area contributed by atoms with Gasteiger partial charge < -0.3 is 4.74 Å². The van der Waals surface area contributed by atoms with Gasteiger partial charge in [-0.05, 0) is 74.0 Å². The Morgan fingerprint density at radius 2 is 1.73 bits per heavy atom. The van der Waals surface area contributed by atoms with Crippen LogP contribution in [0.15, 0.2) is 79.1 Å². The molecule has 0 unspecified atom stereocenters. The number of hydrogen-bond donors (Lipinski definition) is 0. The zero-order valence-electron chi connectivity index (χ0n) is 18.5. The quantitative estimate of drug-likeness (QED) is 0.250. The monoisotopic (exact) mass is 498 g/mol. The molecular weight excluding hydrogens is 476 g/mol. The third-order valence-corrected chi connectivity index (χ3v) is 5.83. The second-order valence-electron chi connectivity index (χ2n) is 7.85. The van der Waals surface area contributed by atoms with Crippen LogP contribution < -0.4 is 4.74 Å². The molecule has 6 heteroatoms. The standard InChI is InChI=1S/C27H23BrN4O/c1-18-5-4-15-32-26(25(31-27(18)32)23-7-3-6-19(2)30-23)21-12-14-29-24(17-21)20-8-10-22(11-9-20)33-16-13-28/h3-12,14-15,17H,13,16H2,1-2H3. The van der Waals surface area contributed by atoms with E-state index in [2.05, 4.69) is 56.6 Å². The SMILES string of the molecule is Cc1cccc(-c2nc3c(C)cccn3c2-c2ccnc(-c3ccc(OCCBr)cc3)c2)n1. The molecule has 5 rings (SSSR count). The number of fused-ring (bicyclic) bond motifs is 1. The molecule has 4 heterocycles. The summed E-state index contributed by atoms with van der Waals surface area (Å²) in [5, 5.41) is 0.801. The lowest BCUT2D eigenvalue weighted by atomic mass is 10.0. The van der Waals surface area contributed by atoms with Gasteiger partial charge in [-0.25, -0.2) is 4.98 Å². The average molecular weight is 499 g/mol. The fourth-order valence-corrected chi connectivity index (χ4v) is 4.11. The Hall–Kier alpha value is -3.51. The molecule has 0 radical (unpaired) electrons. The van der Waals surface area contributed by atoms with Crippen LogP contribution >= 0.6 is 15.9 Å². The highest BCUT2D eigenvalue weighted by atomic mass is 79.9. The molecule has 0 bridgehead atoms. The van der Waals surface area contributed by atoms with Crippen molar-refractivity contribution in [3.05, 3.63) is 90.4 Å². The van der Waals surface area contributed by atoms with Crippen LogP contribution in [0.4, 0.5) is 0 Å². The first-order valence-corrected chi connectivity index (χ1v) is 11.9. The Morgan fingerprint density at radius 1 is 0.879 bits per heavy atom. The van der Waals surface area contributed by atoms with E-state index < -0.39 is 0 Å². The van der Waals surface area contributed by atoms with Crippen molar-refractivity contribution in [2.24, 2.45) is 0 Å². The Balaban J connectivity index is 1.64. The van der Waals surface area contributed by atoms with E-state index in [-0.39, 0.29) is 0 Å². The van der Waals surface area contributed by atoms with Gasteiger partial charge in [-0.1, -0.05) is 28.1 Å². The number of hydrogen-bond acceptors (Lipinski definition) is 4. The molecule has 33 heavy (non-hydrogen) atoms. The Labute approximate surface area is 201 Å². The van der Waals surface area contributed by atoms with Crippen molar-refractivity contribution < 1.29 is 4.74 Å². The van der Waals surface area contributed by atoms with Crippen molar-refractivity contribution in [2.45, 2.75) is 13.8 Å². The normalized spacial score (nSPS) is 11.1. The number of ether oxygens (including phenoxy) is 1. The summed E-state index contributed by atoms with van der Waals surface area (Å²) < 4.78 is 7.82. The van der Waals surface area contributed by atoms with Crippen LogP contribution in [0.25, 0.3) is 39.5 Å². The number of rotatable bonds is 6. The Bertz CT molecular complexity index is 1430. The highest BCUT2D eigenvalue weighted by molar-refractivity contribution is 9.09. The maximum atomic E-state index is 5.68. The van der Waals surface area contributed by atoms with Crippen molar-refractivity contribution >= 4 is 21.6 Å². The minimum atomic E-state index is 0.635. The molecule has 0 aliphatic carbocycles. The number of halogens is 1. The summed E-state index contributed by atoms with van der Waals surface area (Å²) in [7, 11) is 0. The molecule has 5 nitrogen and oxygen atoms in total. The van der Waals surface area contributed by atoms with Crippen LogP contribution in [0.5, 0.6) is 5.75 Å². The van der Waals surface area contributed by atoms with Crippen molar-refractivity contribution in [3.63, 3.8) is 0 Å².